The van der Waals surface area contributed by atoms with Crippen molar-refractivity contribution >= 4 is 10.0 Å². The molecule has 0 aliphatic heterocycles. The van der Waals surface area contributed by atoms with Crippen LogP contribution in [0.5, 0.6) is 0 Å². The smallest absolute Gasteiger partial charge is 0.244 e. The zero-order chi connectivity index (χ0) is 15.6. The fraction of sp³-hybridized carbons (Fsp3) is 0.538. The molecule has 8 heteroatoms. The van der Waals surface area contributed by atoms with Gasteiger partial charge in [0.1, 0.15) is 10.7 Å². The minimum atomic E-state index is -3.62. The second kappa shape index (κ2) is 5.98. The number of nitrogens with one attached hydrogen (secondary N) is 1. The van der Waals surface area contributed by atoms with E-state index in [1.54, 1.807) is 17.1 Å². The Morgan fingerprint density at radius 2 is 2.10 bits per heavy atom. The lowest BCUT2D eigenvalue weighted by atomic mass is 10.1. The molecule has 0 spiro atoms. The van der Waals surface area contributed by atoms with Crippen LogP contribution in [-0.4, -0.2) is 27.7 Å². The number of sulfonamides is 1. The van der Waals surface area contributed by atoms with E-state index in [1.807, 2.05) is 32.4 Å². The van der Waals surface area contributed by atoms with Gasteiger partial charge in [-0.1, -0.05) is 13.8 Å². The van der Waals surface area contributed by atoms with E-state index in [-0.39, 0.29) is 16.9 Å². The second-order valence-corrected chi connectivity index (χ2v) is 6.99. The van der Waals surface area contributed by atoms with Gasteiger partial charge >= 0.3 is 0 Å². The fourth-order valence-electron chi connectivity index (χ4n) is 2.06. The second-order valence-electron chi connectivity index (χ2n) is 5.27. The molecule has 7 nitrogen and oxygen atoms in total. The Balaban J connectivity index is 2.30. The Morgan fingerprint density at radius 1 is 1.38 bits per heavy atom. The van der Waals surface area contributed by atoms with Crippen molar-refractivity contribution in [3.05, 3.63) is 30.6 Å². The summed E-state index contributed by atoms with van der Waals surface area (Å²) in [6.07, 6.45) is 6.35. The Bertz CT molecular complexity index is 702. The SMILES string of the molecule is CCn1cc(S(=O)(=O)N[C@H](c2nccn2C)C(C)C)cn1. The maximum Gasteiger partial charge on any atom is 0.244 e. The lowest BCUT2D eigenvalue weighted by Crippen LogP contribution is -2.33. The van der Waals surface area contributed by atoms with Crippen molar-refractivity contribution in [2.45, 2.75) is 38.3 Å². The van der Waals surface area contributed by atoms with Gasteiger partial charge in [-0.3, -0.25) is 4.68 Å². The zero-order valence-corrected chi connectivity index (χ0v) is 13.5. The summed E-state index contributed by atoms with van der Waals surface area (Å²) >= 11 is 0. The Labute approximate surface area is 125 Å². The first-order chi connectivity index (χ1) is 9.85. The monoisotopic (exact) mass is 311 g/mol. The summed E-state index contributed by atoms with van der Waals surface area (Å²) in [4.78, 5) is 4.42. The van der Waals surface area contributed by atoms with Crippen LogP contribution in [0.25, 0.3) is 0 Å². The van der Waals surface area contributed by atoms with E-state index in [2.05, 4.69) is 14.8 Å². The molecule has 2 aromatic heterocycles. The number of aryl methyl sites for hydroxylation is 2. The van der Waals surface area contributed by atoms with E-state index in [0.717, 1.165) is 0 Å². The fourth-order valence-corrected chi connectivity index (χ4v) is 3.35. The van der Waals surface area contributed by atoms with Crippen molar-refractivity contribution in [1.29, 1.82) is 0 Å². The molecule has 0 radical (unpaired) electrons. The molecule has 1 atom stereocenters. The molecule has 0 saturated heterocycles. The molecule has 0 saturated carbocycles. The predicted octanol–water partition coefficient (Wildman–Crippen LogP) is 1.31. The molecule has 2 aromatic rings. The third-order valence-electron chi connectivity index (χ3n) is 3.33. The van der Waals surface area contributed by atoms with Crippen LogP contribution in [0, 0.1) is 5.92 Å². The standard InChI is InChI=1S/C13H21N5O2S/c1-5-18-9-11(8-15-18)21(19,20)16-12(10(2)3)13-14-6-7-17(13)4/h6-10,12,16H,5H2,1-4H3/t12-/m0/s1. The van der Waals surface area contributed by atoms with E-state index in [0.29, 0.717) is 12.4 Å². The van der Waals surface area contributed by atoms with E-state index >= 15 is 0 Å². The molecule has 0 bridgehead atoms. The third kappa shape index (κ3) is 3.33. The molecule has 0 aliphatic rings. The van der Waals surface area contributed by atoms with Crippen LogP contribution in [0.15, 0.2) is 29.7 Å². The molecule has 1 N–H and O–H groups in total. The largest absolute Gasteiger partial charge is 0.337 e. The van der Waals surface area contributed by atoms with Gasteiger partial charge in [-0.25, -0.2) is 18.1 Å². The van der Waals surface area contributed by atoms with Crippen molar-refractivity contribution in [3.8, 4) is 0 Å². The average Bonchev–Trinajstić information content (AvgIpc) is 3.04. The number of rotatable bonds is 6. The quantitative estimate of drug-likeness (QED) is 0.872. The third-order valence-corrected chi connectivity index (χ3v) is 4.72. The first-order valence-electron chi connectivity index (χ1n) is 6.87. The summed E-state index contributed by atoms with van der Waals surface area (Å²) in [5, 5.41) is 4.01. The highest BCUT2D eigenvalue weighted by Gasteiger charge is 2.27. The van der Waals surface area contributed by atoms with Crippen molar-refractivity contribution in [1.82, 2.24) is 24.1 Å². The zero-order valence-electron chi connectivity index (χ0n) is 12.7. The Morgan fingerprint density at radius 3 is 2.57 bits per heavy atom. The van der Waals surface area contributed by atoms with E-state index < -0.39 is 10.0 Å². The van der Waals surface area contributed by atoms with Crippen molar-refractivity contribution in [3.63, 3.8) is 0 Å². The normalized spacial score (nSPS) is 13.8. The van der Waals surface area contributed by atoms with Gasteiger partial charge in [0.15, 0.2) is 0 Å². The van der Waals surface area contributed by atoms with Crippen molar-refractivity contribution in [2.75, 3.05) is 0 Å². The van der Waals surface area contributed by atoms with E-state index in [1.165, 1.54) is 12.4 Å². The summed E-state index contributed by atoms with van der Waals surface area (Å²) in [7, 11) is -1.77. The molecule has 2 heterocycles. The summed E-state index contributed by atoms with van der Waals surface area (Å²) in [5.74, 6) is 0.763. The molecule has 21 heavy (non-hydrogen) atoms. The number of hydrogen-bond acceptors (Lipinski definition) is 4. The van der Waals surface area contributed by atoms with Gasteiger partial charge in [-0.15, -0.1) is 0 Å². The van der Waals surface area contributed by atoms with Gasteiger partial charge in [0.05, 0.1) is 12.2 Å². The Kier molecular flexibility index (Phi) is 4.48. The van der Waals surface area contributed by atoms with Gasteiger partial charge < -0.3 is 4.57 Å². The molecule has 0 aliphatic carbocycles. The van der Waals surface area contributed by atoms with Gasteiger partial charge in [0.25, 0.3) is 0 Å². The van der Waals surface area contributed by atoms with Crippen LogP contribution in [0.1, 0.15) is 32.6 Å². The molecule has 2 rings (SSSR count). The number of imidazole rings is 1. The molecular formula is C13H21N5O2S. The minimum absolute atomic E-state index is 0.0714. The lowest BCUT2D eigenvalue weighted by Gasteiger charge is -2.21. The highest BCUT2D eigenvalue weighted by atomic mass is 32.2. The topological polar surface area (TPSA) is 81.8 Å². The van der Waals surface area contributed by atoms with E-state index in [4.69, 9.17) is 0 Å². The molecule has 0 unspecified atom stereocenters. The van der Waals surface area contributed by atoms with Crippen LogP contribution in [0.4, 0.5) is 0 Å². The lowest BCUT2D eigenvalue weighted by molar-refractivity contribution is 0.435. The van der Waals surface area contributed by atoms with Crippen LogP contribution < -0.4 is 4.72 Å². The summed E-state index contributed by atoms with van der Waals surface area (Å²) < 4.78 is 31.1. The Hall–Kier alpha value is -1.67. The first kappa shape index (κ1) is 15.7. The molecule has 0 aromatic carbocycles. The maximum atomic E-state index is 12.5. The number of aromatic nitrogens is 4. The van der Waals surface area contributed by atoms with Gasteiger partial charge in [-0.05, 0) is 12.8 Å². The molecular weight excluding hydrogens is 290 g/mol. The van der Waals surface area contributed by atoms with Crippen LogP contribution in [-0.2, 0) is 23.6 Å². The predicted molar refractivity (Wildman–Crippen MR) is 79.0 cm³/mol. The highest BCUT2D eigenvalue weighted by Crippen LogP contribution is 2.22. The summed E-state index contributed by atoms with van der Waals surface area (Å²) in [6, 6.07) is -0.389. The molecule has 0 amide bonds. The van der Waals surface area contributed by atoms with Gasteiger partial charge in [-0.2, -0.15) is 5.10 Å². The van der Waals surface area contributed by atoms with Crippen molar-refractivity contribution in [2.24, 2.45) is 13.0 Å². The van der Waals surface area contributed by atoms with Crippen LogP contribution in [0.3, 0.4) is 0 Å². The van der Waals surface area contributed by atoms with Crippen LogP contribution >= 0.6 is 0 Å². The van der Waals surface area contributed by atoms with Gasteiger partial charge in [0, 0.05) is 32.2 Å². The molecule has 116 valence electrons. The maximum absolute atomic E-state index is 12.5. The van der Waals surface area contributed by atoms with Crippen molar-refractivity contribution < 1.29 is 8.42 Å². The number of nitrogens with zero attached hydrogens (tertiary/aromatic N) is 4. The number of hydrogen-bond donors (Lipinski definition) is 1. The molecule has 0 fully saturated rings. The minimum Gasteiger partial charge on any atom is -0.337 e. The highest BCUT2D eigenvalue weighted by molar-refractivity contribution is 7.89. The summed E-state index contributed by atoms with van der Waals surface area (Å²) in [6.45, 7) is 6.44. The van der Waals surface area contributed by atoms with Gasteiger partial charge in [0.2, 0.25) is 10.0 Å². The summed E-state index contributed by atoms with van der Waals surface area (Å²) in [5.41, 5.74) is 0. The van der Waals surface area contributed by atoms with E-state index in [9.17, 15) is 8.42 Å². The average molecular weight is 311 g/mol. The first-order valence-corrected chi connectivity index (χ1v) is 8.35. The van der Waals surface area contributed by atoms with Crippen LogP contribution in [0.2, 0.25) is 0 Å².